The lowest BCUT2D eigenvalue weighted by Gasteiger charge is -2.44. The second kappa shape index (κ2) is 8.91. The summed E-state index contributed by atoms with van der Waals surface area (Å²) in [5.41, 5.74) is 1.65. The highest BCUT2D eigenvalue weighted by atomic mass is 16.5. The number of hydrogen-bond acceptors (Lipinski definition) is 4. The third-order valence-electron chi connectivity index (χ3n) is 6.98. The predicted molar refractivity (Wildman–Crippen MR) is 134 cm³/mol. The van der Waals surface area contributed by atoms with Gasteiger partial charge in [0, 0.05) is 48.6 Å². The van der Waals surface area contributed by atoms with E-state index in [4.69, 9.17) is 4.74 Å². The summed E-state index contributed by atoms with van der Waals surface area (Å²) in [6, 6.07) is 11.6. The number of nitrogens with zero attached hydrogens (tertiary/aromatic N) is 3. The highest BCUT2D eigenvalue weighted by Crippen LogP contribution is 2.34. The smallest absolute Gasteiger partial charge is 0.407 e. The Balaban J connectivity index is 1.27. The molecule has 35 heavy (non-hydrogen) atoms. The van der Waals surface area contributed by atoms with Crippen LogP contribution in [-0.2, 0) is 4.79 Å². The highest BCUT2D eigenvalue weighted by Gasteiger charge is 2.39. The average molecular weight is 477 g/mol. The predicted octanol–water partition coefficient (Wildman–Crippen LogP) is 5.31. The van der Waals surface area contributed by atoms with Crippen molar-refractivity contribution in [1.82, 2.24) is 14.5 Å². The molecule has 2 aromatic heterocycles. The van der Waals surface area contributed by atoms with Crippen molar-refractivity contribution in [3.63, 3.8) is 0 Å². The number of anilines is 1. The van der Waals surface area contributed by atoms with E-state index in [1.807, 2.05) is 47.2 Å². The average Bonchev–Trinajstić information content (AvgIpc) is 3.59. The molecule has 1 saturated carbocycles. The number of benzene rings is 1. The number of aromatic nitrogens is 2. The molecule has 3 heterocycles. The summed E-state index contributed by atoms with van der Waals surface area (Å²) in [6.07, 6.45) is 6.03. The Morgan fingerprint density at radius 3 is 2.57 bits per heavy atom. The quantitative estimate of drug-likeness (QED) is 0.520. The molecule has 2 aliphatic rings. The topological polar surface area (TPSA) is 96.7 Å². The summed E-state index contributed by atoms with van der Waals surface area (Å²) in [5.74, 6) is 1.72. The van der Waals surface area contributed by atoms with E-state index in [2.05, 4.69) is 31.1 Å². The molecule has 1 aliphatic heterocycles. The molecule has 2 amide bonds. The minimum absolute atomic E-state index is 0.0563. The Bertz CT molecular complexity index is 1240. The molecule has 1 saturated heterocycles. The van der Waals surface area contributed by atoms with Gasteiger partial charge in [-0.15, -0.1) is 0 Å². The van der Waals surface area contributed by atoms with E-state index in [1.165, 1.54) is 0 Å². The molecule has 1 aliphatic carbocycles. The normalized spacial score (nSPS) is 20.6. The van der Waals surface area contributed by atoms with E-state index in [0.717, 1.165) is 35.2 Å². The van der Waals surface area contributed by atoms with Gasteiger partial charge in [-0.2, -0.15) is 0 Å². The maximum Gasteiger partial charge on any atom is 0.407 e. The van der Waals surface area contributed by atoms with Crippen molar-refractivity contribution in [3.8, 4) is 11.6 Å². The fraction of sp³-hybridized carbons (Fsp3) is 0.444. The minimum atomic E-state index is -0.870. The van der Waals surface area contributed by atoms with Crippen LogP contribution in [0, 0.1) is 11.3 Å². The van der Waals surface area contributed by atoms with E-state index < -0.39 is 6.09 Å². The summed E-state index contributed by atoms with van der Waals surface area (Å²) in [5, 5.41) is 13.6. The van der Waals surface area contributed by atoms with Crippen LogP contribution in [0.2, 0.25) is 0 Å². The summed E-state index contributed by atoms with van der Waals surface area (Å²) >= 11 is 0. The second-order valence-electron chi connectivity index (χ2n) is 10.7. The highest BCUT2D eigenvalue weighted by molar-refractivity contribution is 5.96. The molecule has 2 unspecified atom stereocenters. The van der Waals surface area contributed by atoms with Crippen LogP contribution < -0.4 is 10.1 Å². The Morgan fingerprint density at radius 2 is 1.91 bits per heavy atom. The van der Waals surface area contributed by atoms with E-state index in [0.29, 0.717) is 25.1 Å². The molecule has 8 nitrogen and oxygen atoms in total. The molecule has 0 radical (unpaired) electrons. The summed E-state index contributed by atoms with van der Waals surface area (Å²) in [4.78, 5) is 29.9. The van der Waals surface area contributed by atoms with E-state index >= 15 is 0 Å². The summed E-state index contributed by atoms with van der Waals surface area (Å²) in [6.45, 7) is 6.67. The number of carbonyl (C=O) groups is 2. The maximum atomic E-state index is 12.1. The Kier molecular flexibility index (Phi) is 5.91. The SMILES string of the molecule is CC(C)(C)C1CC(Oc2ccc(-n3ccc4cc(NC(=O)C5CC5)ccc43)nc2)CCN1C(=O)O. The van der Waals surface area contributed by atoms with Gasteiger partial charge in [0.25, 0.3) is 0 Å². The molecule has 0 bridgehead atoms. The lowest BCUT2D eigenvalue weighted by Crippen LogP contribution is -2.53. The van der Waals surface area contributed by atoms with Gasteiger partial charge in [0.2, 0.25) is 5.91 Å². The van der Waals surface area contributed by atoms with Gasteiger partial charge in [-0.05, 0) is 54.7 Å². The van der Waals surface area contributed by atoms with Gasteiger partial charge in [0.05, 0.1) is 11.7 Å². The molecule has 3 aromatic rings. The first-order valence-electron chi connectivity index (χ1n) is 12.2. The zero-order valence-electron chi connectivity index (χ0n) is 20.4. The first-order valence-corrected chi connectivity index (χ1v) is 12.2. The Morgan fingerprint density at radius 1 is 1.11 bits per heavy atom. The zero-order valence-corrected chi connectivity index (χ0v) is 20.4. The van der Waals surface area contributed by atoms with Crippen molar-refractivity contribution >= 4 is 28.6 Å². The van der Waals surface area contributed by atoms with E-state index in [1.54, 1.807) is 11.1 Å². The van der Waals surface area contributed by atoms with Gasteiger partial charge in [0.15, 0.2) is 0 Å². The molecular weight excluding hydrogens is 444 g/mol. The van der Waals surface area contributed by atoms with Crippen LogP contribution in [0.5, 0.6) is 5.75 Å². The van der Waals surface area contributed by atoms with Gasteiger partial charge in [0.1, 0.15) is 17.7 Å². The number of pyridine rings is 1. The number of nitrogens with one attached hydrogen (secondary N) is 1. The monoisotopic (exact) mass is 476 g/mol. The second-order valence-corrected chi connectivity index (χ2v) is 10.7. The van der Waals surface area contributed by atoms with Crippen LogP contribution in [0.15, 0.2) is 48.8 Å². The number of rotatable bonds is 5. The standard InChI is InChI=1S/C27H32N4O4/c1-27(2,3)23-15-20(11-13-31(23)26(33)34)35-21-7-9-24(28-16-21)30-12-10-18-14-19(6-8-22(18)30)29-25(32)17-4-5-17/h6-10,12,14,16-17,20,23H,4-5,11,13,15H2,1-3H3,(H,29,32)(H,33,34). The Labute approximate surface area is 204 Å². The largest absolute Gasteiger partial charge is 0.489 e. The molecule has 184 valence electrons. The molecule has 1 aromatic carbocycles. The van der Waals surface area contributed by atoms with Crippen molar-refractivity contribution in [1.29, 1.82) is 0 Å². The number of carboxylic acid groups (broad SMARTS) is 1. The molecular formula is C27H32N4O4. The third kappa shape index (κ3) is 4.97. The molecule has 2 atom stereocenters. The van der Waals surface area contributed by atoms with Crippen molar-refractivity contribution in [3.05, 3.63) is 48.8 Å². The number of hydrogen-bond donors (Lipinski definition) is 2. The number of ether oxygens (including phenoxy) is 1. The van der Waals surface area contributed by atoms with E-state index in [9.17, 15) is 14.7 Å². The first-order chi connectivity index (χ1) is 16.7. The van der Waals surface area contributed by atoms with E-state index in [-0.39, 0.29) is 29.4 Å². The number of likely N-dealkylation sites (tertiary alicyclic amines) is 1. The number of fused-ring (bicyclic) bond motifs is 1. The third-order valence-corrected chi connectivity index (χ3v) is 6.98. The van der Waals surface area contributed by atoms with Crippen molar-refractivity contribution < 1.29 is 19.4 Å². The summed E-state index contributed by atoms with van der Waals surface area (Å²) < 4.78 is 8.22. The molecule has 0 spiro atoms. The minimum Gasteiger partial charge on any atom is -0.489 e. The first kappa shape index (κ1) is 23.2. The van der Waals surface area contributed by atoms with Crippen LogP contribution in [0.3, 0.4) is 0 Å². The lowest BCUT2D eigenvalue weighted by atomic mass is 9.80. The van der Waals surface area contributed by atoms with Gasteiger partial charge >= 0.3 is 6.09 Å². The van der Waals surface area contributed by atoms with Gasteiger partial charge in [-0.25, -0.2) is 9.78 Å². The maximum absolute atomic E-state index is 12.1. The lowest BCUT2D eigenvalue weighted by molar-refractivity contribution is -0.117. The summed E-state index contributed by atoms with van der Waals surface area (Å²) in [7, 11) is 0. The van der Waals surface area contributed by atoms with Crippen LogP contribution in [0.25, 0.3) is 16.7 Å². The zero-order chi connectivity index (χ0) is 24.7. The van der Waals surface area contributed by atoms with Gasteiger partial charge in [-0.3, -0.25) is 4.79 Å². The number of carbonyl (C=O) groups excluding carboxylic acids is 1. The molecule has 2 fully saturated rings. The van der Waals surface area contributed by atoms with Crippen molar-refractivity contribution in [2.24, 2.45) is 11.3 Å². The fourth-order valence-corrected chi connectivity index (χ4v) is 4.88. The van der Waals surface area contributed by atoms with Crippen LogP contribution in [0.4, 0.5) is 10.5 Å². The Hall–Kier alpha value is -3.55. The van der Waals surface area contributed by atoms with Crippen LogP contribution in [-0.4, -0.2) is 50.2 Å². The molecule has 5 rings (SSSR count). The van der Waals surface area contributed by atoms with Crippen molar-refractivity contribution in [2.75, 3.05) is 11.9 Å². The van der Waals surface area contributed by atoms with Crippen LogP contribution >= 0.6 is 0 Å². The number of piperidine rings is 1. The van der Waals surface area contributed by atoms with Gasteiger partial charge in [-0.1, -0.05) is 20.8 Å². The number of amides is 2. The molecule has 2 N–H and O–H groups in total. The molecule has 8 heteroatoms. The van der Waals surface area contributed by atoms with Crippen molar-refractivity contribution in [2.45, 2.75) is 58.6 Å². The van der Waals surface area contributed by atoms with Gasteiger partial charge < -0.3 is 24.6 Å². The fourth-order valence-electron chi connectivity index (χ4n) is 4.88. The van der Waals surface area contributed by atoms with Crippen LogP contribution in [0.1, 0.15) is 46.5 Å².